The van der Waals surface area contributed by atoms with Crippen molar-refractivity contribution in [2.24, 2.45) is 0 Å². The zero-order valence-electron chi connectivity index (χ0n) is 10.7. The lowest BCUT2D eigenvalue weighted by Gasteiger charge is -2.23. The van der Waals surface area contributed by atoms with Crippen LogP contribution in [0.1, 0.15) is 32.4 Å². The van der Waals surface area contributed by atoms with Crippen LogP contribution >= 0.6 is 0 Å². The van der Waals surface area contributed by atoms with Gasteiger partial charge in [0.1, 0.15) is 0 Å². The smallest absolute Gasteiger partial charge is 0.257 e. The fraction of sp³-hybridized carbons (Fsp3) is 0.286. The Morgan fingerprint density at radius 2 is 1.44 bits per heavy atom. The molecule has 2 amide bonds. The molecule has 4 nitrogen and oxygen atoms in total. The fourth-order valence-electron chi connectivity index (χ4n) is 2.05. The van der Waals surface area contributed by atoms with E-state index in [1.807, 2.05) is 19.1 Å². The molecule has 0 bridgehead atoms. The van der Waals surface area contributed by atoms with E-state index in [2.05, 4.69) is 0 Å². The Kier molecular flexibility index (Phi) is 2.95. The number of nitrogens with zero attached hydrogens (tertiary/aromatic N) is 1. The summed E-state index contributed by atoms with van der Waals surface area (Å²) >= 11 is 0. The lowest BCUT2D eigenvalue weighted by molar-refractivity contribution is -0.140. The van der Waals surface area contributed by atoms with Crippen molar-refractivity contribution in [1.29, 1.82) is 0 Å². The first-order valence-corrected chi connectivity index (χ1v) is 5.84. The summed E-state index contributed by atoms with van der Waals surface area (Å²) in [6.07, 6.45) is 0. The Labute approximate surface area is 106 Å². The highest BCUT2D eigenvalue weighted by molar-refractivity contribution is 6.18. The molecule has 0 fully saturated rings. The third-order valence-electron chi connectivity index (χ3n) is 3.45. The fourth-order valence-corrected chi connectivity index (χ4v) is 2.05. The van der Waals surface area contributed by atoms with E-state index in [-0.39, 0.29) is 17.9 Å². The third kappa shape index (κ3) is 1.79. The number of hydrogen-bond acceptors (Lipinski definition) is 3. The molecule has 1 unspecified atom stereocenters. The van der Waals surface area contributed by atoms with E-state index in [9.17, 15) is 9.59 Å². The Balaban J connectivity index is 2.31. The van der Waals surface area contributed by atoms with Gasteiger partial charge in [0.05, 0.1) is 6.04 Å². The van der Waals surface area contributed by atoms with E-state index in [0.29, 0.717) is 16.8 Å². The van der Waals surface area contributed by atoms with Crippen LogP contribution in [-0.2, 0) is 9.59 Å². The predicted molar refractivity (Wildman–Crippen MR) is 69.5 cm³/mol. The average Bonchev–Trinajstić information content (AvgIpc) is 2.54. The van der Waals surface area contributed by atoms with Gasteiger partial charge in [-0.3, -0.25) is 14.5 Å². The summed E-state index contributed by atoms with van der Waals surface area (Å²) in [4.78, 5) is 25.4. The maximum atomic E-state index is 12.0. The van der Waals surface area contributed by atoms with Crippen LogP contribution in [0.3, 0.4) is 0 Å². The van der Waals surface area contributed by atoms with Crippen LogP contribution in [0.15, 0.2) is 35.4 Å². The minimum absolute atomic E-state index is 0.207. The van der Waals surface area contributed by atoms with E-state index in [1.54, 1.807) is 26.0 Å². The van der Waals surface area contributed by atoms with Crippen LogP contribution in [0, 0.1) is 0 Å². The maximum Gasteiger partial charge on any atom is 0.257 e. The van der Waals surface area contributed by atoms with Gasteiger partial charge in [-0.25, -0.2) is 0 Å². The molecular weight excluding hydrogens is 228 g/mol. The molecule has 1 aromatic rings. The number of amides is 2. The van der Waals surface area contributed by atoms with Crippen LogP contribution < -0.4 is 5.73 Å². The lowest BCUT2D eigenvalue weighted by Crippen LogP contribution is -2.34. The molecule has 1 aliphatic heterocycles. The summed E-state index contributed by atoms with van der Waals surface area (Å²) in [6, 6.07) is 6.93. The summed E-state index contributed by atoms with van der Waals surface area (Å²) in [5, 5.41) is 0. The van der Waals surface area contributed by atoms with Crippen LogP contribution in [0.25, 0.3) is 0 Å². The number of hydrogen-bond donors (Lipinski definition) is 1. The first kappa shape index (κ1) is 12.4. The quantitative estimate of drug-likeness (QED) is 0.639. The summed E-state index contributed by atoms with van der Waals surface area (Å²) in [6.45, 7) is 5.21. The molecule has 0 saturated heterocycles. The van der Waals surface area contributed by atoms with E-state index >= 15 is 0 Å². The zero-order valence-corrected chi connectivity index (χ0v) is 10.7. The van der Waals surface area contributed by atoms with E-state index < -0.39 is 0 Å². The summed E-state index contributed by atoms with van der Waals surface area (Å²) < 4.78 is 0. The standard InChI is InChI=1S/C14H16N2O2/c1-8-9(2)14(18)16(13(8)17)10(3)11-4-6-12(15)7-5-11/h4-7,10H,15H2,1-3H3. The molecule has 2 N–H and O–H groups in total. The number of rotatable bonds is 2. The van der Waals surface area contributed by atoms with E-state index in [4.69, 9.17) is 5.73 Å². The predicted octanol–water partition coefficient (Wildman–Crippen LogP) is 2.04. The van der Waals surface area contributed by atoms with Gasteiger partial charge in [-0.2, -0.15) is 0 Å². The van der Waals surface area contributed by atoms with Gasteiger partial charge in [-0.1, -0.05) is 12.1 Å². The molecule has 1 heterocycles. The molecule has 18 heavy (non-hydrogen) atoms. The first-order chi connectivity index (χ1) is 8.43. The van der Waals surface area contributed by atoms with Crippen molar-refractivity contribution in [3.63, 3.8) is 0 Å². The van der Waals surface area contributed by atoms with Crippen LogP contribution in [-0.4, -0.2) is 16.7 Å². The minimum atomic E-state index is -0.280. The number of imide groups is 1. The molecule has 0 radical (unpaired) electrons. The topological polar surface area (TPSA) is 63.4 Å². The monoisotopic (exact) mass is 244 g/mol. The number of anilines is 1. The van der Waals surface area contributed by atoms with Gasteiger partial charge in [0.15, 0.2) is 0 Å². The van der Waals surface area contributed by atoms with E-state index in [1.165, 1.54) is 4.90 Å². The zero-order chi connectivity index (χ0) is 13.4. The van der Waals surface area contributed by atoms with Crippen molar-refractivity contribution < 1.29 is 9.59 Å². The summed E-state index contributed by atoms with van der Waals surface area (Å²) in [7, 11) is 0. The molecule has 2 rings (SSSR count). The van der Waals surface area contributed by atoms with Gasteiger partial charge in [0.2, 0.25) is 0 Å². The van der Waals surface area contributed by atoms with Gasteiger partial charge in [-0.15, -0.1) is 0 Å². The number of carbonyl (C=O) groups excluding carboxylic acids is 2. The first-order valence-electron chi connectivity index (χ1n) is 5.84. The minimum Gasteiger partial charge on any atom is -0.399 e. The molecule has 94 valence electrons. The van der Waals surface area contributed by atoms with Gasteiger partial charge in [0, 0.05) is 16.8 Å². The highest BCUT2D eigenvalue weighted by Crippen LogP contribution is 2.29. The Morgan fingerprint density at radius 3 is 1.89 bits per heavy atom. The number of carbonyl (C=O) groups is 2. The van der Waals surface area contributed by atoms with Gasteiger partial charge in [0.25, 0.3) is 11.8 Å². The molecule has 0 aliphatic carbocycles. The molecule has 0 aromatic heterocycles. The average molecular weight is 244 g/mol. The van der Waals surface area contributed by atoms with Crippen molar-refractivity contribution in [3.8, 4) is 0 Å². The third-order valence-corrected chi connectivity index (χ3v) is 3.45. The second-order valence-electron chi connectivity index (χ2n) is 4.57. The van der Waals surface area contributed by atoms with Gasteiger partial charge in [-0.05, 0) is 38.5 Å². The van der Waals surface area contributed by atoms with Crippen LogP contribution in [0.5, 0.6) is 0 Å². The van der Waals surface area contributed by atoms with Gasteiger partial charge >= 0.3 is 0 Å². The van der Waals surface area contributed by atoms with Crippen molar-refractivity contribution >= 4 is 17.5 Å². The van der Waals surface area contributed by atoms with Crippen molar-refractivity contribution in [3.05, 3.63) is 41.0 Å². The van der Waals surface area contributed by atoms with Crippen molar-refractivity contribution in [1.82, 2.24) is 4.90 Å². The molecule has 0 saturated carbocycles. The Morgan fingerprint density at radius 1 is 1.00 bits per heavy atom. The van der Waals surface area contributed by atoms with Crippen LogP contribution in [0.2, 0.25) is 0 Å². The highest BCUT2D eigenvalue weighted by Gasteiger charge is 2.36. The SMILES string of the molecule is CC1=C(C)C(=O)N(C(C)c2ccc(N)cc2)C1=O. The Hall–Kier alpha value is -2.10. The summed E-state index contributed by atoms with van der Waals surface area (Å²) in [5.41, 5.74) is 8.24. The van der Waals surface area contributed by atoms with Crippen molar-refractivity contribution in [2.75, 3.05) is 5.73 Å². The normalized spacial score (nSPS) is 17.6. The number of nitrogens with two attached hydrogens (primary N) is 1. The molecule has 1 aliphatic rings. The Bertz CT molecular complexity index is 519. The molecule has 1 aromatic carbocycles. The molecule has 1 atom stereocenters. The van der Waals surface area contributed by atoms with E-state index in [0.717, 1.165) is 5.56 Å². The number of benzene rings is 1. The summed E-state index contributed by atoms with van der Waals surface area (Å²) in [5.74, 6) is -0.413. The molecular formula is C14H16N2O2. The second kappa shape index (κ2) is 4.29. The highest BCUT2D eigenvalue weighted by atomic mass is 16.2. The lowest BCUT2D eigenvalue weighted by atomic mass is 10.1. The van der Waals surface area contributed by atoms with Crippen molar-refractivity contribution in [2.45, 2.75) is 26.8 Å². The maximum absolute atomic E-state index is 12.0. The van der Waals surface area contributed by atoms with Crippen LogP contribution in [0.4, 0.5) is 5.69 Å². The molecule has 4 heteroatoms. The number of nitrogen functional groups attached to an aromatic ring is 1. The largest absolute Gasteiger partial charge is 0.399 e. The molecule has 0 spiro atoms. The van der Waals surface area contributed by atoms with Gasteiger partial charge < -0.3 is 5.73 Å². The second-order valence-corrected chi connectivity index (χ2v) is 4.57.